The highest BCUT2D eigenvalue weighted by Gasteiger charge is 2.32. The van der Waals surface area contributed by atoms with Gasteiger partial charge in [0.1, 0.15) is 5.25 Å². The van der Waals surface area contributed by atoms with E-state index in [0.717, 1.165) is 23.9 Å². The summed E-state index contributed by atoms with van der Waals surface area (Å²) in [5, 5.41) is 7.67. The molecule has 1 atom stereocenters. The van der Waals surface area contributed by atoms with Gasteiger partial charge in [-0.1, -0.05) is 30.0 Å². The number of alkyl halides is 3. The van der Waals surface area contributed by atoms with Crippen molar-refractivity contribution < 1.29 is 35.9 Å². The van der Waals surface area contributed by atoms with Crippen molar-refractivity contribution in [2.24, 2.45) is 0 Å². The van der Waals surface area contributed by atoms with E-state index in [0.29, 0.717) is 5.56 Å². The van der Waals surface area contributed by atoms with Gasteiger partial charge in [-0.05, 0) is 37.3 Å². The predicted octanol–water partition coefficient (Wildman–Crippen LogP) is 3.63. The molecule has 0 amide bonds. The van der Waals surface area contributed by atoms with Crippen LogP contribution in [0.4, 0.5) is 13.2 Å². The maximum atomic E-state index is 13.5. The molecule has 3 aromatic rings. The molecular formula is C23H23F3N4O5S2. The van der Waals surface area contributed by atoms with Crippen LogP contribution in [0.3, 0.4) is 0 Å². The van der Waals surface area contributed by atoms with Crippen molar-refractivity contribution in [3.63, 3.8) is 0 Å². The van der Waals surface area contributed by atoms with E-state index in [4.69, 9.17) is 9.47 Å². The Kier molecular flexibility index (Phi) is 7.92. The number of carbonyl (C=O) groups excluding carboxylic acids is 1. The SMILES string of the molecule is COC(=O)C(C)Sc1nnc(-c2cccc(S(=O)(=O)N3CCOCC3)c2)n1-c1cccc(C(F)(F)F)c1. The molecule has 0 saturated carbocycles. The van der Waals surface area contributed by atoms with Crippen LogP contribution in [-0.2, 0) is 30.5 Å². The lowest BCUT2D eigenvalue weighted by Gasteiger charge is -2.26. The Morgan fingerprint density at radius 2 is 1.81 bits per heavy atom. The normalized spacial score (nSPS) is 15.9. The zero-order valence-electron chi connectivity index (χ0n) is 19.8. The smallest absolute Gasteiger partial charge is 0.416 e. The molecule has 4 rings (SSSR count). The highest BCUT2D eigenvalue weighted by molar-refractivity contribution is 8.00. The zero-order valence-corrected chi connectivity index (χ0v) is 21.4. The lowest BCUT2D eigenvalue weighted by molar-refractivity contribution is -0.139. The monoisotopic (exact) mass is 556 g/mol. The Labute approximate surface area is 215 Å². The van der Waals surface area contributed by atoms with Gasteiger partial charge in [-0.25, -0.2) is 8.42 Å². The minimum absolute atomic E-state index is 0.00243. The summed E-state index contributed by atoms with van der Waals surface area (Å²) in [6.45, 7) is 2.54. The molecule has 0 bridgehead atoms. The Balaban J connectivity index is 1.83. The van der Waals surface area contributed by atoms with Crippen LogP contribution in [0, 0.1) is 0 Å². The van der Waals surface area contributed by atoms with Crippen molar-refractivity contribution in [2.45, 2.75) is 28.4 Å². The Morgan fingerprint density at radius 1 is 1.11 bits per heavy atom. The molecule has 1 aliphatic rings. The summed E-state index contributed by atoms with van der Waals surface area (Å²) in [4.78, 5) is 12.0. The molecule has 0 aliphatic carbocycles. The second-order valence-corrected chi connectivity index (χ2v) is 11.3. The van der Waals surface area contributed by atoms with Crippen molar-refractivity contribution in [2.75, 3.05) is 33.4 Å². The number of nitrogens with zero attached hydrogens (tertiary/aromatic N) is 4. The number of sulfonamides is 1. The molecule has 2 heterocycles. The first-order valence-electron chi connectivity index (χ1n) is 11.1. The third-order valence-electron chi connectivity index (χ3n) is 5.58. The van der Waals surface area contributed by atoms with Crippen LogP contribution < -0.4 is 0 Å². The van der Waals surface area contributed by atoms with Gasteiger partial charge in [0.2, 0.25) is 10.0 Å². The van der Waals surface area contributed by atoms with E-state index in [1.165, 1.54) is 46.3 Å². The summed E-state index contributed by atoms with van der Waals surface area (Å²) in [6, 6.07) is 10.5. The van der Waals surface area contributed by atoms with Crippen molar-refractivity contribution in [3.05, 3.63) is 54.1 Å². The number of methoxy groups -OCH3 is 1. The van der Waals surface area contributed by atoms with Crippen LogP contribution in [0.1, 0.15) is 12.5 Å². The van der Waals surface area contributed by atoms with Gasteiger partial charge < -0.3 is 9.47 Å². The molecule has 37 heavy (non-hydrogen) atoms. The number of carbonyl (C=O) groups is 1. The number of aromatic nitrogens is 3. The Hall–Kier alpha value is -2.94. The number of esters is 1. The number of hydrogen-bond donors (Lipinski definition) is 0. The number of thioether (sulfide) groups is 1. The lowest BCUT2D eigenvalue weighted by atomic mass is 10.1. The number of benzene rings is 2. The average molecular weight is 557 g/mol. The van der Waals surface area contributed by atoms with Gasteiger partial charge in [0, 0.05) is 18.7 Å². The second kappa shape index (κ2) is 10.8. The Bertz CT molecular complexity index is 1390. The highest BCUT2D eigenvalue weighted by Crippen LogP contribution is 2.35. The molecule has 1 unspecified atom stereocenters. The summed E-state index contributed by atoms with van der Waals surface area (Å²) in [5.41, 5.74) is -0.474. The molecule has 0 spiro atoms. The molecule has 0 N–H and O–H groups in total. The fraction of sp³-hybridized carbons (Fsp3) is 0.348. The summed E-state index contributed by atoms with van der Waals surface area (Å²) >= 11 is 0.952. The van der Waals surface area contributed by atoms with Gasteiger partial charge in [0.15, 0.2) is 11.0 Å². The summed E-state index contributed by atoms with van der Waals surface area (Å²) in [6.07, 6.45) is -4.59. The number of halogens is 3. The topological polar surface area (TPSA) is 104 Å². The van der Waals surface area contributed by atoms with Gasteiger partial charge in [-0.15, -0.1) is 10.2 Å². The van der Waals surface area contributed by atoms with Crippen molar-refractivity contribution >= 4 is 27.8 Å². The van der Waals surface area contributed by atoms with Gasteiger partial charge in [0.05, 0.1) is 36.5 Å². The number of hydrogen-bond acceptors (Lipinski definition) is 8. The van der Waals surface area contributed by atoms with Crippen molar-refractivity contribution in [3.8, 4) is 17.1 Å². The second-order valence-electron chi connectivity index (χ2n) is 8.02. The molecule has 1 saturated heterocycles. The van der Waals surface area contributed by atoms with E-state index in [2.05, 4.69) is 10.2 Å². The van der Waals surface area contributed by atoms with Gasteiger partial charge in [-0.3, -0.25) is 9.36 Å². The molecule has 2 aromatic carbocycles. The van der Waals surface area contributed by atoms with Gasteiger partial charge >= 0.3 is 12.1 Å². The van der Waals surface area contributed by atoms with Crippen LogP contribution in [0.15, 0.2) is 58.6 Å². The maximum Gasteiger partial charge on any atom is 0.416 e. The fourth-order valence-corrected chi connectivity index (χ4v) is 6.04. The van der Waals surface area contributed by atoms with Crippen LogP contribution >= 0.6 is 11.8 Å². The van der Waals surface area contributed by atoms with Crippen LogP contribution in [0.25, 0.3) is 17.1 Å². The molecule has 198 valence electrons. The minimum Gasteiger partial charge on any atom is -0.468 e. The lowest BCUT2D eigenvalue weighted by Crippen LogP contribution is -2.40. The van der Waals surface area contributed by atoms with E-state index in [1.807, 2.05) is 0 Å². The van der Waals surface area contributed by atoms with Crippen molar-refractivity contribution in [1.82, 2.24) is 19.1 Å². The van der Waals surface area contributed by atoms with Crippen LogP contribution in [0.2, 0.25) is 0 Å². The number of morpholine rings is 1. The third kappa shape index (κ3) is 5.81. The van der Waals surface area contributed by atoms with E-state index in [-0.39, 0.29) is 47.9 Å². The first kappa shape index (κ1) is 27.1. The largest absolute Gasteiger partial charge is 0.468 e. The first-order chi connectivity index (χ1) is 17.5. The standard InChI is InChI=1S/C23H23F3N4O5S2/c1-15(21(31)34-2)36-22-28-27-20(30(22)18-7-4-6-17(14-18)23(24,25)26)16-5-3-8-19(13-16)37(32,33)29-9-11-35-12-10-29/h3-8,13-15H,9-12H2,1-2H3. The highest BCUT2D eigenvalue weighted by atomic mass is 32.2. The van der Waals surface area contributed by atoms with Crippen LogP contribution in [0.5, 0.6) is 0 Å². The zero-order chi connectivity index (χ0) is 26.8. The maximum absolute atomic E-state index is 13.5. The van der Waals surface area contributed by atoms with E-state index in [9.17, 15) is 26.4 Å². The minimum atomic E-state index is -4.59. The fourth-order valence-electron chi connectivity index (χ4n) is 3.69. The quantitative estimate of drug-likeness (QED) is 0.321. The number of rotatable bonds is 7. The summed E-state index contributed by atoms with van der Waals surface area (Å²) < 4.78 is 79.4. The summed E-state index contributed by atoms with van der Waals surface area (Å²) in [5.74, 6) is -0.443. The van der Waals surface area contributed by atoms with Gasteiger partial charge in [0.25, 0.3) is 0 Å². The number of ether oxygens (including phenoxy) is 2. The third-order valence-corrected chi connectivity index (χ3v) is 8.50. The predicted molar refractivity (Wildman–Crippen MR) is 129 cm³/mol. The summed E-state index contributed by atoms with van der Waals surface area (Å²) in [7, 11) is -2.62. The Morgan fingerprint density at radius 3 is 2.49 bits per heavy atom. The molecule has 0 radical (unpaired) electrons. The molecule has 1 aliphatic heterocycles. The average Bonchev–Trinajstić information content (AvgIpc) is 3.31. The van der Waals surface area contributed by atoms with Crippen molar-refractivity contribution in [1.29, 1.82) is 0 Å². The molecular weight excluding hydrogens is 533 g/mol. The van der Waals surface area contributed by atoms with Gasteiger partial charge in [-0.2, -0.15) is 17.5 Å². The molecule has 1 fully saturated rings. The van der Waals surface area contributed by atoms with Crippen LogP contribution in [-0.4, -0.2) is 72.1 Å². The molecule has 1 aromatic heterocycles. The molecule has 9 nitrogen and oxygen atoms in total. The van der Waals surface area contributed by atoms with E-state index in [1.54, 1.807) is 13.0 Å². The molecule has 14 heteroatoms. The van der Waals surface area contributed by atoms with E-state index < -0.39 is 33.0 Å². The first-order valence-corrected chi connectivity index (χ1v) is 13.4. The van der Waals surface area contributed by atoms with E-state index >= 15 is 0 Å².